The van der Waals surface area contributed by atoms with Crippen molar-refractivity contribution in [1.82, 2.24) is 15.6 Å². The predicted molar refractivity (Wildman–Crippen MR) is 98.4 cm³/mol. The van der Waals surface area contributed by atoms with E-state index < -0.39 is 0 Å². The predicted octanol–water partition coefficient (Wildman–Crippen LogP) is 2.36. The zero-order valence-corrected chi connectivity index (χ0v) is 15.0. The van der Waals surface area contributed by atoms with E-state index in [4.69, 9.17) is 16.3 Å². The highest BCUT2D eigenvalue weighted by Crippen LogP contribution is 2.18. The van der Waals surface area contributed by atoms with Crippen molar-refractivity contribution >= 4 is 23.4 Å². The molecule has 0 unspecified atom stereocenters. The molecule has 0 atom stereocenters. The fourth-order valence-corrected chi connectivity index (χ4v) is 2.57. The number of carbonyl (C=O) groups excluding carboxylic acids is 2. The number of amides is 2. The largest absolute Gasteiger partial charge is 0.484 e. The Kier molecular flexibility index (Phi) is 6.07. The summed E-state index contributed by atoms with van der Waals surface area (Å²) in [6, 6.07) is 11.1. The number of nitrogens with zero attached hydrogens (tertiary/aromatic N) is 1. The van der Waals surface area contributed by atoms with E-state index in [1.54, 1.807) is 12.1 Å². The van der Waals surface area contributed by atoms with E-state index in [2.05, 4.69) is 15.6 Å². The van der Waals surface area contributed by atoms with E-state index >= 15 is 0 Å². The van der Waals surface area contributed by atoms with Crippen molar-refractivity contribution in [3.05, 3.63) is 58.9 Å². The number of hydrogen-bond donors (Lipinski definition) is 2. The van der Waals surface area contributed by atoms with E-state index in [1.807, 2.05) is 24.3 Å². The number of halogens is 1. The Bertz CT molecular complexity index is 776. The highest BCUT2D eigenvalue weighted by Gasteiger charge is 2.23. The number of nitrogens with one attached hydrogen (secondary N) is 2. The van der Waals surface area contributed by atoms with Crippen molar-refractivity contribution < 1.29 is 14.3 Å². The Balaban J connectivity index is 1.40. The molecule has 0 aliphatic heterocycles. The molecule has 1 aliphatic carbocycles. The van der Waals surface area contributed by atoms with Gasteiger partial charge in [0.15, 0.2) is 6.61 Å². The minimum Gasteiger partial charge on any atom is -0.484 e. The zero-order chi connectivity index (χ0) is 18.4. The number of rotatable bonds is 8. The number of benzene rings is 1. The molecule has 1 saturated carbocycles. The van der Waals surface area contributed by atoms with Gasteiger partial charge < -0.3 is 15.4 Å². The molecular weight excluding hydrogens is 354 g/mol. The summed E-state index contributed by atoms with van der Waals surface area (Å²) >= 11 is 5.90. The van der Waals surface area contributed by atoms with E-state index in [0.29, 0.717) is 30.3 Å². The number of hydrogen-bond acceptors (Lipinski definition) is 4. The second-order valence-electron chi connectivity index (χ2n) is 6.12. The van der Waals surface area contributed by atoms with Gasteiger partial charge in [-0.3, -0.25) is 9.59 Å². The summed E-state index contributed by atoms with van der Waals surface area (Å²) in [5.74, 6) is 0.309. The normalized spacial score (nSPS) is 13.1. The molecule has 2 amide bonds. The lowest BCUT2D eigenvalue weighted by molar-refractivity contribution is -0.123. The molecule has 7 heteroatoms. The van der Waals surface area contributed by atoms with Crippen LogP contribution in [0.2, 0.25) is 5.15 Å². The lowest BCUT2D eigenvalue weighted by Gasteiger charge is -2.08. The van der Waals surface area contributed by atoms with Gasteiger partial charge in [0.25, 0.3) is 11.8 Å². The minimum atomic E-state index is -0.246. The van der Waals surface area contributed by atoms with Crippen LogP contribution in [0.15, 0.2) is 42.6 Å². The van der Waals surface area contributed by atoms with Crippen molar-refractivity contribution in [2.24, 2.45) is 0 Å². The molecular formula is C19H20ClN3O3. The van der Waals surface area contributed by atoms with Gasteiger partial charge in [-0.2, -0.15) is 0 Å². The summed E-state index contributed by atoms with van der Waals surface area (Å²) in [6.07, 6.45) is 4.33. The number of carbonyl (C=O) groups is 2. The van der Waals surface area contributed by atoms with Gasteiger partial charge in [0.1, 0.15) is 10.9 Å². The van der Waals surface area contributed by atoms with Gasteiger partial charge in [0, 0.05) is 18.8 Å². The van der Waals surface area contributed by atoms with Crippen LogP contribution in [-0.4, -0.2) is 36.0 Å². The molecule has 1 fully saturated rings. The van der Waals surface area contributed by atoms with Crippen molar-refractivity contribution in [3.63, 3.8) is 0 Å². The fourth-order valence-electron chi connectivity index (χ4n) is 2.37. The van der Waals surface area contributed by atoms with E-state index in [0.717, 1.165) is 18.4 Å². The van der Waals surface area contributed by atoms with Gasteiger partial charge >= 0.3 is 0 Å². The highest BCUT2D eigenvalue weighted by molar-refractivity contribution is 6.32. The minimum absolute atomic E-state index is 0.0256. The molecule has 1 aliphatic rings. The summed E-state index contributed by atoms with van der Waals surface area (Å²) in [5.41, 5.74) is 1.42. The van der Waals surface area contributed by atoms with Gasteiger partial charge in [-0.15, -0.1) is 0 Å². The van der Waals surface area contributed by atoms with Crippen LogP contribution in [0.1, 0.15) is 28.8 Å². The van der Waals surface area contributed by atoms with Crippen LogP contribution in [-0.2, 0) is 11.2 Å². The van der Waals surface area contributed by atoms with Gasteiger partial charge in [-0.25, -0.2) is 4.98 Å². The SMILES string of the molecule is O=C(COc1ccc(CCNC(=O)c2cccnc2Cl)cc1)NC1CC1. The summed E-state index contributed by atoms with van der Waals surface area (Å²) in [5, 5.41) is 5.88. The Morgan fingerprint density at radius 3 is 2.65 bits per heavy atom. The Labute approximate surface area is 156 Å². The molecule has 1 heterocycles. The quantitative estimate of drug-likeness (QED) is 0.696. The molecule has 1 aromatic carbocycles. The van der Waals surface area contributed by atoms with E-state index in [9.17, 15) is 9.59 Å². The maximum absolute atomic E-state index is 12.0. The van der Waals surface area contributed by atoms with Crippen molar-refractivity contribution in [1.29, 1.82) is 0 Å². The van der Waals surface area contributed by atoms with Crippen molar-refractivity contribution in [2.75, 3.05) is 13.2 Å². The molecule has 0 radical (unpaired) electrons. The second kappa shape index (κ2) is 8.67. The molecule has 1 aromatic heterocycles. The lowest BCUT2D eigenvalue weighted by atomic mass is 10.1. The summed E-state index contributed by atoms with van der Waals surface area (Å²) in [4.78, 5) is 27.5. The van der Waals surface area contributed by atoms with Crippen LogP contribution in [0.5, 0.6) is 5.75 Å². The van der Waals surface area contributed by atoms with Crippen LogP contribution in [0.3, 0.4) is 0 Å². The van der Waals surface area contributed by atoms with Crippen LogP contribution < -0.4 is 15.4 Å². The van der Waals surface area contributed by atoms with Gasteiger partial charge in [0.2, 0.25) is 0 Å². The van der Waals surface area contributed by atoms with E-state index in [-0.39, 0.29) is 23.6 Å². The van der Waals surface area contributed by atoms with Crippen molar-refractivity contribution in [3.8, 4) is 5.75 Å². The first-order chi connectivity index (χ1) is 12.6. The third kappa shape index (κ3) is 5.46. The highest BCUT2D eigenvalue weighted by atomic mass is 35.5. The molecule has 26 heavy (non-hydrogen) atoms. The second-order valence-corrected chi connectivity index (χ2v) is 6.48. The number of ether oxygens (including phenoxy) is 1. The molecule has 0 spiro atoms. The van der Waals surface area contributed by atoms with Gasteiger partial charge in [0.05, 0.1) is 5.56 Å². The fraction of sp³-hybridized carbons (Fsp3) is 0.316. The first kappa shape index (κ1) is 18.2. The van der Waals surface area contributed by atoms with Crippen molar-refractivity contribution in [2.45, 2.75) is 25.3 Å². The Morgan fingerprint density at radius 2 is 1.96 bits per heavy atom. The maximum atomic E-state index is 12.0. The standard InChI is InChI=1S/C19H20ClN3O3/c20-18-16(2-1-10-21-18)19(25)22-11-9-13-3-7-15(8-4-13)26-12-17(24)23-14-5-6-14/h1-4,7-8,10,14H,5-6,9,11-12H2,(H,22,25)(H,23,24). The summed E-state index contributed by atoms with van der Waals surface area (Å²) < 4.78 is 5.46. The monoisotopic (exact) mass is 373 g/mol. The molecule has 2 aromatic rings. The van der Waals surface area contributed by atoms with Crippen LogP contribution in [0.25, 0.3) is 0 Å². The number of aromatic nitrogens is 1. The smallest absolute Gasteiger partial charge is 0.258 e. The van der Waals surface area contributed by atoms with Gasteiger partial charge in [-0.1, -0.05) is 23.7 Å². The molecule has 6 nitrogen and oxygen atoms in total. The van der Waals surface area contributed by atoms with Crippen LogP contribution in [0.4, 0.5) is 0 Å². The average Bonchev–Trinajstić information content (AvgIpc) is 3.45. The molecule has 2 N–H and O–H groups in total. The van der Waals surface area contributed by atoms with Crippen LogP contribution >= 0.6 is 11.6 Å². The average molecular weight is 374 g/mol. The maximum Gasteiger partial charge on any atom is 0.258 e. The summed E-state index contributed by atoms with van der Waals surface area (Å²) in [7, 11) is 0. The van der Waals surface area contributed by atoms with Gasteiger partial charge in [-0.05, 0) is 49.1 Å². The van der Waals surface area contributed by atoms with Crippen LogP contribution in [0, 0.1) is 0 Å². The van der Waals surface area contributed by atoms with E-state index in [1.165, 1.54) is 6.20 Å². The third-order valence-electron chi connectivity index (χ3n) is 3.94. The Morgan fingerprint density at radius 1 is 1.19 bits per heavy atom. The lowest BCUT2D eigenvalue weighted by Crippen LogP contribution is -2.30. The first-order valence-electron chi connectivity index (χ1n) is 8.51. The topological polar surface area (TPSA) is 80.3 Å². The Hall–Kier alpha value is -2.60. The molecule has 0 saturated heterocycles. The zero-order valence-electron chi connectivity index (χ0n) is 14.2. The number of pyridine rings is 1. The third-order valence-corrected chi connectivity index (χ3v) is 4.24. The molecule has 3 rings (SSSR count). The molecule has 136 valence electrons. The summed E-state index contributed by atoms with van der Waals surface area (Å²) in [6.45, 7) is 0.506. The molecule has 0 bridgehead atoms. The first-order valence-corrected chi connectivity index (χ1v) is 8.89.